The molecule has 0 spiro atoms. The number of nitrogen functional groups attached to an aromatic ring is 1. The standard InChI is InChI=1S/C12H22N4O4S/c1-19-9-10-20-8-3-2-7-15-21(17,18)12-11(16-13)5-4-6-14-12/h4-6,15-16H,2-3,7-10,13H2,1H3. The van der Waals surface area contributed by atoms with Crippen LogP contribution in [0.15, 0.2) is 23.4 Å². The summed E-state index contributed by atoms with van der Waals surface area (Å²) in [6, 6.07) is 3.15. The molecule has 0 aliphatic rings. The smallest absolute Gasteiger partial charge is 0.260 e. The highest BCUT2D eigenvalue weighted by molar-refractivity contribution is 7.89. The van der Waals surface area contributed by atoms with Crippen LogP contribution in [-0.2, 0) is 19.5 Å². The Morgan fingerprint density at radius 2 is 2.10 bits per heavy atom. The minimum absolute atomic E-state index is 0.108. The van der Waals surface area contributed by atoms with Crippen molar-refractivity contribution in [3.05, 3.63) is 18.3 Å². The Kier molecular flexibility index (Phi) is 8.16. The highest BCUT2D eigenvalue weighted by atomic mass is 32.2. The first-order valence-electron chi connectivity index (χ1n) is 6.60. The van der Waals surface area contributed by atoms with Gasteiger partial charge in [-0.25, -0.2) is 18.1 Å². The van der Waals surface area contributed by atoms with Crippen molar-refractivity contribution in [2.75, 3.05) is 38.9 Å². The van der Waals surface area contributed by atoms with Crippen molar-refractivity contribution >= 4 is 15.7 Å². The molecule has 0 saturated carbocycles. The van der Waals surface area contributed by atoms with Crippen LogP contribution in [-0.4, -0.2) is 46.9 Å². The number of hydrogen-bond donors (Lipinski definition) is 3. The van der Waals surface area contributed by atoms with Crippen molar-refractivity contribution in [3.8, 4) is 0 Å². The number of methoxy groups -OCH3 is 1. The number of pyridine rings is 1. The fraction of sp³-hybridized carbons (Fsp3) is 0.583. The molecule has 9 heteroatoms. The molecular formula is C12H22N4O4S. The number of hydrogen-bond acceptors (Lipinski definition) is 7. The average Bonchev–Trinajstić information content (AvgIpc) is 2.50. The van der Waals surface area contributed by atoms with Crippen LogP contribution in [0.3, 0.4) is 0 Å². The summed E-state index contributed by atoms with van der Waals surface area (Å²) >= 11 is 0. The Bertz CT molecular complexity index is 510. The minimum atomic E-state index is -3.67. The molecule has 1 rings (SSSR count). The van der Waals surface area contributed by atoms with Crippen molar-refractivity contribution in [1.82, 2.24) is 9.71 Å². The maximum Gasteiger partial charge on any atom is 0.260 e. The molecule has 0 bridgehead atoms. The van der Waals surface area contributed by atoms with Gasteiger partial charge in [-0.1, -0.05) is 0 Å². The van der Waals surface area contributed by atoms with E-state index in [4.69, 9.17) is 15.3 Å². The largest absolute Gasteiger partial charge is 0.382 e. The third-order valence-electron chi connectivity index (χ3n) is 2.62. The van der Waals surface area contributed by atoms with Crippen molar-refractivity contribution in [2.24, 2.45) is 5.84 Å². The quantitative estimate of drug-likeness (QED) is 0.301. The van der Waals surface area contributed by atoms with E-state index in [0.717, 1.165) is 6.42 Å². The molecule has 0 saturated heterocycles. The van der Waals surface area contributed by atoms with Crippen LogP contribution >= 0.6 is 0 Å². The van der Waals surface area contributed by atoms with Crippen LogP contribution in [0, 0.1) is 0 Å². The number of aromatic nitrogens is 1. The summed E-state index contributed by atoms with van der Waals surface area (Å²) in [5.41, 5.74) is 2.58. The summed E-state index contributed by atoms with van der Waals surface area (Å²) < 4.78 is 36.8. The lowest BCUT2D eigenvalue weighted by molar-refractivity contribution is 0.0689. The van der Waals surface area contributed by atoms with Crippen molar-refractivity contribution in [3.63, 3.8) is 0 Å². The van der Waals surface area contributed by atoms with E-state index in [1.54, 1.807) is 19.2 Å². The zero-order chi connectivity index (χ0) is 15.6. The van der Waals surface area contributed by atoms with Gasteiger partial charge >= 0.3 is 0 Å². The molecule has 1 aromatic heterocycles. The van der Waals surface area contributed by atoms with Gasteiger partial charge in [-0.15, -0.1) is 0 Å². The van der Waals surface area contributed by atoms with Crippen molar-refractivity contribution in [2.45, 2.75) is 17.9 Å². The number of nitrogens with one attached hydrogen (secondary N) is 2. The Labute approximate surface area is 125 Å². The van der Waals surface area contributed by atoms with Gasteiger partial charge in [0.15, 0.2) is 5.03 Å². The Hall–Kier alpha value is -1.26. The van der Waals surface area contributed by atoms with E-state index in [-0.39, 0.29) is 10.7 Å². The molecule has 4 N–H and O–H groups in total. The number of nitrogens with zero attached hydrogens (tertiary/aromatic N) is 1. The van der Waals surface area contributed by atoms with Gasteiger partial charge in [-0.05, 0) is 25.0 Å². The number of nitrogens with two attached hydrogens (primary N) is 1. The molecule has 8 nitrogen and oxygen atoms in total. The molecule has 0 unspecified atom stereocenters. The van der Waals surface area contributed by atoms with Gasteiger partial charge in [0.2, 0.25) is 0 Å². The molecule has 1 heterocycles. The van der Waals surface area contributed by atoms with E-state index >= 15 is 0 Å². The number of unbranched alkanes of at least 4 members (excludes halogenated alkanes) is 1. The Morgan fingerprint density at radius 1 is 1.29 bits per heavy atom. The number of sulfonamides is 1. The lowest BCUT2D eigenvalue weighted by Crippen LogP contribution is -2.27. The van der Waals surface area contributed by atoms with E-state index in [9.17, 15) is 8.42 Å². The number of anilines is 1. The summed E-state index contributed by atoms with van der Waals surface area (Å²) in [6.07, 6.45) is 2.83. The predicted molar refractivity (Wildman–Crippen MR) is 79.2 cm³/mol. The van der Waals surface area contributed by atoms with Crippen LogP contribution in [0.1, 0.15) is 12.8 Å². The summed E-state index contributed by atoms with van der Waals surface area (Å²) in [5, 5.41) is -0.108. The Morgan fingerprint density at radius 3 is 2.81 bits per heavy atom. The Balaban J connectivity index is 2.33. The van der Waals surface area contributed by atoms with Gasteiger partial charge in [0.1, 0.15) is 0 Å². The van der Waals surface area contributed by atoms with Crippen LogP contribution in [0.5, 0.6) is 0 Å². The summed E-state index contributed by atoms with van der Waals surface area (Å²) in [7, 11) is -2.06. The molecule has 0 fully saturated rings. The second kappa shape index (κ2) is 9.64. The molecule has 0 radical (unpaired) electrons. The van der Waals surface area contributed by atoms with Gasteiger partial charge in [-0.3, -0.25) is 5.84 Å². The second-order valence-electron chi connectivity index (χ2n) is 4.21. The fourth-order valence-electron chi connectivity index (χ4n) is 1.56. The van der Waals surface area contributed by atoms with E-state index in [1.807, 2.05) is 0 Å². The predicted octanol–water partition coefficient (Wildman–Crippen LogP) is 0.0887. The average molecular weight is 318 g/mol. The summed E-state index contributed by atoms with van der Waals surface area (Å²) in [5.74, 6) is 5.27. The normalized spacial score (nSPS) is 11.5. The summed E-state index contributed by atoms with van der Waals surface area (Å²) in [6.45, 7) is 1.99. The van der Waals surface area contributed by atoms with Gasteiger partial charge in [0, 0.05) is 26.5 Å². The van der Waals surface area contributed by atoms with Crippen molar-refractivity contribution in [1.29, 1.82) is 0 Å². The molecule has 0 amide bonds. The van der Waals surface area contributed by atoms with Crippen LogP contribution in [0.4, 0.5) is 5.69 Å². The molecule has 0 aromatic carbocycles. The van der Waals surface area contributed by atoms with Crippen LogP contribution in [0.25, 0.3) is 0 Å². The molecule has 21 heavy (non-hydrogen) atoms. The first-order chi connectivity index (χ1) is 10.1. The third-order valence-corrected chi connectivity index (χ3v) is 4.04. The van der Waals surface area contributed by atoms with E-state index < -0.39 is 10.0 Å². The zero-order valence-corrected chi connectivity index (χ0v) is 12.9. The van der Waals surface area contributed by atoms with Gasteiger partial charge in [0.05, 0.1) is 18.9 Å². The maximum absolute atomic E-state index is 12.1. The van der Waals surface area contributed by atoms with Gasteiger partial charge in [-0.2, -0.15) is 0 Å². The van der Waals surface area contributed by atoms with Crippen molar-refractivity contribution < 1.29 is 17.9 Å². The SMILES string of the molecule is COCCOCCCCNS(=O)(=O)c1ncccc1NN. The number of ether oxygens (including phenoxy) is 2. The monoisotopic (exact) mass is 318 g/mol. The van der Waals surface area contributed by atoms with E-state index in [1.165, 1.54) is 6.20 Å². The molecule has 0 atom stereocenters. The molecular weight excluding hydrogens is 296 g/mol. The van der Waals surface area contributed by atoms with Gasteiger partial charge in [0.25, 0.3) is 10.0 Å². The lowest BCUT2D eigenvalue weighted by atomic mass is 10.3. The maximum atomic E-state index is 12.1. The van der Waals surface area contributed by atoms with E-state index in [2.05, 4.69) is 15.1 Å². The summed E-state index contributed by atoms with van der Waals surface area (Å²) in [4.78, 5) is 3.84. The molecule has 0 aliphatic heterocycles. The minimum Gasteiger partial charge on any atom is -0.382 e. The lowest BCUT2D eigenvalue weighted by Gasteiger charge is -2.09. The molecule has 0 aliphatic carbocycles. The first-order valence-corrected chi connectivity index (χ1v) is 8.08. The zero-order valence-electron chi connectivity index (χ0n) is 12.0. The molecule has 120 valence electrons. The number of hydrazine groups is 1. The second-order valence-corrected chi connectivity index (χ2v) is 5.89. The van der Waals surface area contributed by atoms with Crippen LogP contribution in [0.2, 0.25) is 0 Å². The molecule has 1 aromatic rings. The fourth-order valence-corrected chi connectivity index (χ4v) is 2.73. The number of rotatable bonds is 11. The van der Waals surface area contributed by atoms with E-state index in [0.29, 0.717) is 32.8 Å². The third kappa shape index (κ3) is 6.36. The van der Waals surface area contributed by atoms with Crippen LogP contribution < -0.4 is 16.0 Å². The highest BCUT2D eigenvalue weighted by Gasteiger charge is 2.18. The topological polar surface area (TPSA) is 116 Å². The first kappa shape index (κ1) is 17.8. The van der Waals surface area contributed by atoms with Gasteiger partial charge < -0.3 is 14.9 Å². The highest BCUT2D eigenvalue weighted by Crippen LogP contribution is 2.16.